The first-order chi connectivity index (χ1) is 9.75. The third kappa shape index (κ3) is 5.21. The number of nitrogens with zero attached hydrogens (tertiary/aromatic N) is 1. The molecule has 1 atom stereocenters. The minimum atomic E-state index is 0.148. The first-order valence-corrected chi connectivity index (χ1v) is 8.41. The van der Waals surface area contributed by atoms with Crippen molar-refractivity contribution in [2.45, 2.75) is 58.0 Å². The van der Waals surface area contributed by atoms with Crippen LogP contribution in [0.1, 0.15) is 49.1 Å². The third-order valence-electron chi connectivity index (χ3n) is 3.72. The molecule has 1 aromatic rings. The molecule has 1 amide bonds. The number of carbonyl (C=O) groups excluding carboxylic acids is 1. The van der Waals surface area contributed by atoms with Gasteiger partial charge in [-0.15, -0.1) is 11.3 Å². The zero-order chi connectivity index (χ0) is 14.2. The SMILES string of the molecule is Cc1ncsc1CCC(=O)NCCCC[C@H]1CCCO1. The Morgan fingerprint density at radius 2 is 2.45 bits per heavy atom. The highest BCUT2D eigenvalue weighted by Gasteiger charge is 2.14. The van der Waals surface area contributed by atoms with Gasteiger partial charge in [0.1, 0.15) is 0 Å². The molecule has 0 unspecified atom stereocenters. The Hall–Kier alpha value is -0.940. The molecule has 0 spiro atoms. The highest BCUT2D eigenvalue weighted by Crippen LogP contribution is 2.17. The summed E-state index contributed by atoms with van der Waals surface area (Å²) in [6, 6.07) is 0. The van der Waals surface area contributed by atoms with Gasteiger partial charge in [0.05, 0.1) is 17.3 Å². The van der Waals surface area contributed by atoms with Crippen LogP contribution in [0.4, 0.5) is 0 Å². The van der Waals surface area contributed by atoms with Crippen LogP contribution in [0.2, 0.25) is 0 Å². The number of amides is 1. The van der Waals surface area contributed by atoms with E-state index in [1.54, 1.807) is 11.3 Å². The van der Waals surface area contributed by atoms with Gasteiger partial charge < -0.3 is 10.1 Å². The van der Waals surface area contributed by atoms with E-state index in [9.17, 15) is 4.79 Å². The molecule has 0 saturated carbocycles. The Balaban J connectivity index is 1.48. The van der Waals surface area contributed by atoms with Gasteiger partial charge in [0.2, 0.25) is 5.91 Å². The van der Waals surface area contributed by atoms with Crippen LogP contribution in [0.3, 0.4) is 0 Å². The standard InChI is InChI=1S/C15H24N2O2S/c1-12-14(20-11-17-12)7-8-15(18)16-9-3-2-5-13-6-4-10-19-13/h11,13H,2-10H2,1H3,(H,16,18)/t13-/m0/s1. The fraction of sp³-hybridized carbons (Fsp3) is 0.733. The van der Waals surface area contributed by atoms with E-state index in [0.717, 1.165) is 44.5 Å². The van der Waals surface area contributed by atoms with Gasteiger partial charge in [0.15, 0.2) is 0 Å². The van der Waals surface area contributed by atoms with E-state index in [1.807, 2.05) is 12.4 Å². The number of carbonyl (C=O) groups is 1. The van der Waals surface area contributed by atoms with Crippen LogP contribution in [-0.2, 0) is 16.0 Å². The van der Waals surface area contributed by atoms with Crippen molar-refractivity contribution in [3.63, 3.8) is 0 Å². The number of aryl methyl sites for hydroxylation is 2. The van der Waals surface area contributed by atoms with Gasteiger partial charge in [-0.25, -0.2) is 4.98 Å². The highest BCUT2D eigenvalue weighted by atomic mass is 32.1. The van der Waals surface area contributed by atoms with Crippen molar-refractivity contribution in [2.24, 2.45) is 0 Å². The van der Waals surface area contributed by atoms with Gasteiger partial charge in [-0.2, -0.15) is 0 Å². The predicted molar refractivity (Wildman–Crippen MR) is 81.0 cm³/mol. The molecule has 20 heavy (non-hydrogen) atoms. The number of ether oxygens (including phenoxy) is 1. The van der Waals surface area contributed by atoms with Crippen LogP contribution >= 0.6 is 11.3 Å². The second-order valence-electron chi connectivity index (χ2n) is 5.34. The molecule has 0 radical (unpaired) electrons. The van der Waals surface area contributed by atoms with E-state index in [2.05, 4.69) is 10.3 Å². The molecular weight excluding hydrogens is 272 g/mol. The lowest BCUT2D eigenvalue weighted by atomic mass is 10.1. The summed E-state index contributed by atoms with van der Waals surface area (Å²) >= 11 is 1.63. The summed E-state index contributed by atoms with van der Waals surface area (Å²) in [6.45, 7) is 3.71. The summed E-state index contributed by atoms with van der Waals surface area (Å²) in [5, 5.41) is 2.99. The monoisotopic (exact) mass is 296 g/mol. The zero-order valence-corrected chi connectivity index (χ0v) is 13.0. The molecule has 1 fully saturated rings. The largest absolute Gasteiger partial charge is 0.378 e. The zero-order valence-electron chi connectivity index (χ0n) is 12.2. The van der Waals surface area contributed by atoms with Crippen molar-refractivity contribution in [3.05, 3.63) is 16.1 Å². The summed E-state index contributed by atoms with van der Waals surface area (Å²) in [6.07, 6.45) is 7.58. The van der Waals surface area contributed by atoms with Gasteiger partial charge in [-0.05, 0) is 45.4 Å². The van der Waals surface area contributed by atoms with E-state index in [0.29, 0.717) is 12.5 Å². The number of thiazole rings is 1. The molecule has 1 aromatic heterocycles. The lowest BCUT2D eigenvalue weighted by molar-refractivity contribution is -0.121. The maximum Gasteiger partial charge on any atom is 0.220 e. The molecule has 2 heterocycles. The summed E-state index contributed by atoms with van der Waals surface area (Å²) in [5.41, 5.74) is 2.90. The van der Waals surface area contributed by atoms with E-state index < -0.39 is 0 Å². The molecule has 112 valence electrons. The van der Waals surface area contributed by atoms with E-state index in [-0.39, 0.29) is 5.91 Å². The second kappa shape index (κ2) is 8.37. The lowest BCUT2D eigenvalue weighted by Crippen LogP contribution is -2.24. The third-order valence-corrected chi connectivity index (χ3v) is 4.72. The number of unbranched alkanes of at least 4 members (excludes halogenated alkanes) is 1. The molecule has 1 saturated heterocycles. The van der Waals surface area contributed by atoms with Crippen LogP contribution < -0.4 is 5.32 Å². The van der Waals surface area contributed by atoms with Gasteiger partial charge in [0, 0.05) is 24.4 Å². The summed E-state index contributed by atoms with van der Waals surface area (Å²) in [5.74, 6) is 0.148. The smallest absolute Gasteiger partial charge is 0.220 e. The fourth-order valence-corrected chi connectivity index (χ4v) is 3.26. The van der Waals surface area contributed by atoms with E-state index in [4.69, 9.17) is 4.74 Å². The molecule has 1 aliphatic heterocycles. The minimum Gasteiger partial charge on any atom is -0.378 e. The number of hydrogen-bond acceptors (Lipinski definition) is 4. The van der Waals surface area contributed by atoms with Gasteiger partial charge >= 0.3 is 0 Å². The fourth-order valence-electron chi connectivity index (χ4n) is 2.48. The normalized spacial score (nSPS) is 18.4. The number of nitrogens with one attached hydrogen (secondary N) is 1. The molecule has 1 N–H and O–H groups in total. The molecule has 0 aromatic carbocycles. The van der Waals surface area contributed by atoms with Crippen LogP contribution in [0.5, 0.6) is 0 Å². The van der Waals surface area contributed by atoms with Crippen LogP contribution in [-0.4, -0.2) is 30.1 Å². The van der Waals surface area contributed by atoms with Crippen LogP contribution in [0.15, 0.2) is 5.51 Å². The molecule has 0 aliphatic carbocycles. The second-order valence-corrected chi connectivity index (χ2v) is 6.28. The Morgan fingerprint density at radius 1 is 1.55 bits per heavy atom. The van der Waals surface area contributed by atoms with Gasteiger partial charge in [-0.3, -0.25) is 4.79 Å². The van der Waals surface area contributed by atoms with Gasteiger partial charge in [-0.1, -0.05) is 0 Å². The van der Waals surface area contributed by atoms with Crippen LogP contribution in [0, 0.1) is 6.92 Å². The molecule has 0 bridgehead atoms. The van der Waals surface area contributed by atoms with E-state index >= 15 is 0 Å². The molecule has 2 rings (SSSR count). The number of aromatic nitrogens is 1. The van der Waals surface area contributed by atoms with E-state index in [1.165, 1.54) is 17.7 Å². The van der Waals surface area contributed by atoms with Crippen molar-refractivity contribution in [1.82, 2.24) is 10.3 Å². The van der Waals surface area contributed by atoms with Crippen molar-refractivity contribution >= 4 is 17.2 Å². The quantitative estimate of drug-likeness (QED) is 0.751. The van der Waals surface area contributed by atoms with Crippen molar-refractivity contribution in [3.8, 4) is 0 Å². The Kier molecular flexibility index (Phi) is 6.47. The first-order valence-electron chi connectivity index (χ1n) is 7.53. The topological polar surface area (TPSA) is 51.2 Å². The molecular formula is C15H24N2O2S. The van der Waals surface area contributed by atoms with Crippen molar-refractivity contribution in [1.29, 1.82) is 0 Å². The minimum absolute atomic E-state index is 0.148. The first kappa shape index (κ1) is 15.4. The maximum absolute atomic E-state index is 11.7. The average molecular weight is 296 g/mol. The number of rotatable bonds is 8. The Bertz CT molecular complexity index is 414. The average Bonchev–Trinajstić information content (AvgIpc) is 3.08. The summed E-state index contributed by atoms with van der Waals surface area (Å²) in [4.78, 5) is 17.1. The molecule has 4 nitrogen and oxygen atoms in total. The number of hydrogen-bond donors (Lipinski definition) is 1. The Morgan fingerprint density at radius 3 is 3.15 bits per heavy atom. The van der Waals surface area contributed by atoms with Gasteiger partial charge in [0.25, 0.3) is 0 Å². The predicted octanol–water partition coefficient (Wildman–Crippen LogP) is 2.85. The lowest BCUT2D eigenvalue weighted by Gasteiger charge is -2.09. The summed E-state index contributed by atoms with van der Waals surface area (Å²) in [7, 11) is 0. The maximum atomic E-state index is 11.7. The van der Waals surface area contributed by atoms with Crippen molar-refractivity contribution < 1.29 is 9.53 Å². The van der Waals surface area contributed by atoms with Crippen LogP contribution in [0.25, 0.3) is 0 Å². The Labute approximate surface area is 124 Å². The molecule has 1 aliphatic rings. The van der Waals surface area contributed by atoms with Crippen molar-refractivity contribution in [2.75, 3.05) is 13.2 Å². The summed E-state index contributed by atoms with van der Waals surface area (Å²) < 4.78 is 5.58. The molecule has 5 heteroatoms. The highest BCUT2D eigenvalue weighted by molar-refractivity contribution is 7.09.